The molecule has 2 N–H and O–H groups in total. The van der Waals surface area contributed by atoms with Crippen LogP contribution in [0.25, 0.3) is 0 Å². The first kappa shape index (κ1) is 26.4. The molecule has 198 valence electrons. The molecule has 0 radical (unpaired) electrons. The van der Waals surface area contributed by atoms with Gasteiger partial charge in [-0.2, -0.15) is 5.26 Å². The minimum Gasteiger partial charge on any atom is -0.497 e. The van der Waals surface area contributed by atoms with E-state index in [0.717, 1.165) is 40.1 Å². The number of nitriles is 1. The molecular weight excluding hydrogens is 510 g/mol. The van der Waals surface area contributed by atoms with E-state index >= 15 is 0 Å². The van der Waals surface area contributed by atoms with E-state index in [9.17, 15) is 10.1 Å². The highest BCUT2D eigenvalue weighted by molar-refractivity contribution is 6.32. The molecule has 5 rings (SSSR count). The number of hydrogen-bond donors (Lipinski definition) is 1. The molecule has 39 heavy (non-hydrogen) atoms. The van der Waals surface area contributed by atoms with Crippen LogP contribution in [0.4, 0.5) is 5.69 Å². The second-order valence-electron chi connectivity index (χ2n) is 9.87. The lowest BCUT2D eigenvalue weighted by Gasteiger charge is -2.40. The summed E-state index contributed by atoms with van der Waals surface area (Å²) in [6, 6.07) is 21.3. The molecule has 0 bridgehead atoms. The number of carbonyl (C=O) groups excluding carboxylic acids is 1. The van der Waals surface area contributed by atoms with Crippen LogP contribution in [0, 0.1) is 25.2 Å². The maximum atomic E-state index is 13.6. The molecule has 0 fully saturated rings. The minimum absolute atomic E-state index is 0.0507. The summed E-state index contributed by atoms with van der Waals surface area (Å²) < 4.78 is 11.4. The van der Waals surface area contributed by atoms with Gasteiger partial charge in [-0.25, -0.2) is 0 Å². The number of hydrogen-bond acceptors (Lipinski definition) is 6. The van der Waals surface area contributed by atoms with Gasteiger partial charge in [-0.05, 0) is 79.8 Å². The van der Waals surface area contributed by atoms with Crippen LogP contribution < -0.4 is 20.1 Å². The summed E-state index contributed by atoms with van der Waals surface area (Å²) in [4.78, 5) is 15.4. The Morgan fingerprint density at radius 1 is 1.10 bits per heavy atom. The number of aryl methyl sites for hydroxylation is 1. The molecular formula is C32H30ClN3O3. The zero-order valence-electron chi connectivity index (χ0n) is 22.3. The van der Waals surface area contributed by atoms with Gasteiger partial charge < -0.3 is 15.2 Å². The van der Waals surface area contributed by atoms with Crippen molar-refractivity contribution in [2.45, 2.75) is 45.6 Å². The fourth-order valence-electron chi connectivity index (χ4n) is 5.55. The lowest BCUT2D eigenvalue weighted by Crippen LogP contribution is -2.39. The third-order valence-electron chi connectivity index (χ3n) is 7.47. The highest BCUT2D eigenvalue weighted by Gasteiger charge is 2.41. The number of para-hydroxylation sites is 1. The monoisotopic (exact) mass is 539 g/mol. The molecule has 0 amide bonds. The maximum absolute atomic E-state index is 13.6. The summed E-state index contributed by atoms with van der Waals surface area (Å²) in [5, 5.41) is 11.0. The normalized spacial score (nSPS) is 17.2. The lowest BCUT2D eigenvalue weighted by molar-refractivity contribution is -0.116. The van der Waals surface area contributed by atoms with Gasteiger partial charge in [0.05, 0.1) is 29.7 Å². The summed E-state index contributed by atoms with van der Waals surface area (Å²) in [5.74, 6) is 1.16. The standard InChI is InChI=1S/C32H30ClN3O3/c1-19-15-21(18-39-29-10-5-4-7-26(29)33)20(2)24(16-19)30-25(17-34)32(35)36(22-11-13-23(38-3)14-12-22)27-8-6-9-28(37)31(27)30/h4-5,7,10-16,30H,6,8-9,18,35H2,1-3H3. The Kier molecular flexibility index (Phi) is 7.36. The third kappa shape index (κ3) is 4.86. The Morgan fingerprint density at radius 2 is 1.85 bits per heavy atom. The van der Waals surface area contributed by atoms with Gasteiger partial charge in [-0.1, -0.05) is 41.4 Å². The Hall–Kier alpha value is -4.21. The van der Waals surface area contributed by atoms with E-state index < -0.39 is 5.92 Å². The molecule has 0 spiro atoms. The van der Waals surface area contributed by atoms with Crippen molar-refractivity contribution in [2.75, 3.05) is 12.0 Å². The van der Waals surface area contributed by atoms with E-state index in [0.29, 0.717) is 52.9 Å². The van der Waals surface area contributed by atoms with Crippen LogP contribution in [0.2, 0.25) is 5.02 Å². The number of rotatable bonds is 6. The Balaban J connectivity index is 1.63. The van der Waals surface area contributed by atoms with E-state index in [1.165, 1.54) is 0 Å². The number of nitrogens with two attached hydrogens (primary N) is 1. The van der Waals surface area contributed by atoms with Crippen LogP contribution in [0.3, 0.4) is 0 Å². The molecule has 1 unspecified atom stereocenters. The van der Waals surface area contributed by atoms with Gasteiger partial charge in [-0.3, -0.25) is 9.69 Å². The van der Waals surface area contributed by atoms with Crippen molar-refractivity contribution in [3.63, 3.8) is 0 Å². The number of Topliss-reactive ketones (excluding diaryl/α,β-unsaturated/α-hetero) is 1. The maximum Gasteiger partial charge on any atom is 0.161 e. The summed E-state index contributed by atoms with van der Waals surface area (Å²) in [7, 11) is 1.61. The van der Waals surface area contributed by atoms with Crippen LogP contribution in [-0.2, 0) is 11.4 Å². The van der Waals surface area contributed by atoms with Crippen molar-refractivity contribution in [1.82, 2.24) is 0 Å². The molecule has 1 aliphatic carbocycles. The predicted octanol–water partition coefficient (Wildman–Crippen LogP) is 6.85. The van der Waals surface area contributed by atoms with Crippen LogP contribution >= 0.6 is 11.6 Å². The molecule has 7 heteroatoms. The molecule has 1 atom stereocenters. The fraction of sp³-hybridized carbons (Fsp3) is 0.250. The molecule has 3 aromatic carbocycles. The predicted molar refractivity (Wildman–Crippen MR) is 153 cm³/mol. The van der Waals surface area contributed by atoms with Crippen molar-refractivity contribution in [3.05, 3.63) is 111 Å². The van der Waals surface area contributed by atoms with Gasteiger partial charge in [0.1, 0.15) is 23.9 Å². The van der Waals surface area contributed by atoms with E-state index in [1.807, 2.05) is 61.2 Å². The van der Waals surface area contributed by atoms with Gasteiger partial charge in [-0.15, -0.1) is 0 Å². The number of nitrogens with zero attached hydrogens (tertiary/aromatic N) is 2. The van der Waals surface area contributed by atoms with Crippen LogP contribution in [0.5, 0.6) is 11.5 Å². The topological polar surface area (TPSA) is 88.6 Å². The number of carbonyl (C=O) groups is 1. The second-order valence-corrected chi connectivity index (χ2v) is 10.3. The molecule has 3 aromatic rings. The average molecular weight is 540 g/mol. The van der Waals surface area contributed by atoms with E-state index in [-0.39, 0.29) is 5.78 Å². The number of halogens is 1. The van der Waals surface area contributed by atoms with Gasteiger partial charge in [0.15, 0.2) is 5.78 Å². The molecule has 0 saturated carbocycles. The van der Waals surface area contributed by atoms with E-state index in [2.05, 4.69) is 18.2 Å². The number of benzene rings is 3. The zero-order valence-corrected chi connectivity index (χ0v) is 23.0. The summed E-state index contributed by atoms with van der Waals surface area (Å²) in [6.45, 7) is 4.32. The Morgan fingerprint density at radius 3 is 2.54 bits per heavy atom. The first-order chi connectivity index (χ1) is 18.8. The number of anilines is 1. The minimum atomic E-state index is -0.550. The quantitative estimate of drug-likeness (QED) is 0.368. The smallest absolute Gasteiger partial charge is 0.161 e. The number of ketones is 1. The van der Waals surface area contributed by atoms with Crippen molar-refractivity contribution < 1.29 is 14.3 Å². The van der Waals surface area contributed by atoms with Crippen molar-refractivity contribution in [1.29, 1.82) is 5.26 Å². The first-order valence-electron chi connectivity index (χ1n) is 12.9. The van der Waals surface area contributed by atoms with Gasteiger partial charge >= 0.3 is 0 Å². The Labute approximate surface area is 233 Å². The molecule has 2 aliphatic rings. The van der Waals surface area contributed by atoms with Gasteiger partial charge in [0, 0.05) is 23.4 Å². The van der Waals surface area contributed by atoms with E-state index in [4.69, 9.17) is 26.8 Å². The highest BCUT2D eigenvalue weighted by Crippen LogP contribution is 2.47. The van der Waals surface area contributed by atoms with Gasteiger partial charge in [0.2, 0.25) is 0 Å². The zero-order chi connectivity index (χ0) is 27.7. The number of allylic oxidation sites excluding steroid dienone is 3. The van der Waals surface area contributed by atoms with E-state index in [1.54, 1.807) is 13.2 Å². The van der Waals surface area contributed by atoms with Crippen LogP contribution in [0.15, 0.2) is 83.3 Å². The first-order valence-corrected chi connectivity index (χ1v) is 13.3. The Bertz CT molecular complexity index is 1550. The van der Waals surface area contributed by atoms with Crippen LogP contribution in [0.1, 0.15) is 47.4 Å². The summed E-state index contributed by atoms with van der Waals surface area (Å²) in [6.07, 6.45) is 1.87. The number of methoxy groups -OCH3 is 1. The van der Waals surface area contributed by atoms with Crippen molar-refractivity contribution in [3.8, 4) is 17.6 Å². The molecule has 0 saturated heterocycles. The molecule has 0 aromatic heterocycles. The third-order valence-corrected chi connectivity index (χ3v) is 7.79. The lowest BCUT2D eigenvalue weighted by atomic mass is 9.73. The highest BCUT2D eigenvalue weighted by atomic mass is 35.5. The largest absolute Gasteiger partial charge is 0.497 e. The number of ether oxygens (including phenoxy) is 2. The molecule has 1 aliphatic heterocycles. The van der Waals surface area contributed by atoms with Crippen molar-refractivity contribution >= 4 is 23.1 Å². The summed E-state index contributed by atoms with van der Waals surface area (Å²) in [5.41, 5.74) is 13.2. The second kappa shape index (κ2) is 10.9. The van der Waals surface area contributed by atoms with Crippen LogP contribution in [-0.4, -0.2) is 12.9 Å². The summed E-state index contributed by atoms with van der Waals surface area (Å²) >= 11 is 6.31. The SMILES string of the molecule is COc1ccc(N2C(N)=C(C#N)C(c3cc(C)cc(COc4ccccc4Cl)c3C)C3=C2CCCC3=O)cc1. The van der Waals surface area contributed by atoms with Gasteiger partial charge in [0.25, 0.3) is 0 Å². The average Bonchev–Trinajstić information content (AvgIpc) is 2.94. The fourth-order valence-corrected chi connectivity index (χ4v) is 5.74. The van der Waals surface area contributed by atoms with Crippen molar-refractivity contribution in [2.24, 2.45) is 5.73 Å². The molecule has 6 nitrogen and oxygen atoms in total. The molecule has 1 heterocycles.